The fraction of sp³-hybridized carbons (Fsp3) is 0.190. The average Bonchev–Trinajstić information content (AvgIpc) is 3.12. The number of hydrogen-bond donors (Lipinski definition) is 1. The molecule has 0 bridgehead atoms. The number of hydrogen-bond acceptors (Lipinski definition) is 5. The summed E-state index contributed by atoms with van der Waals surface area (Å²) in [5.41, 5.74) is 2.21. The van der Waals surface area contributed by atoms with Gasteiger partial charge in [0.25, 0.3) is 0 Å². The molecule has 0 unspecified atom stereocenters. The molecule has 0 aliphatic rings. The predicted octanol–water partition coefficient (Wildman–Crippen LogP) is 3.95. The van der Waals surface area contributed by atoms with Crippen molar-refractivity contribution < 1.29 is 9.15 Å². The number of aryl methyl sites for hydroxylation is 1. The van der Waals surface area contributed by atoms with Gasteiger partial charge in [0.15, 0.2) is 11.9 Å². The number of benzene rings is 2. The monoisotopic (exact) mass is 361 g/mol. The summed E-state index contributed by atoms with van der Waals surface area (Å²) in [6.45, 7) is 3.77. The maximum Gasteiger partial charge on any atom is 0.336 e. The van der Waals surface area contributed by atoms with Gasteiger partial charge in [0, 0.05) is 17.9 Å². The van der Waals surface area contributed by atoms with E-state index in [0.29, 0.717) is 23.6 Å². The van der Waals surface area contributed by atoms with Crippen molar-refractivity contribution in [1.29, 1.82) is 0 Å². The summed E-state index contributed by atoms with van der Waals surface area (Å²) in [6, 6.07) is 17.0. The highest BCUT2D eigenvalue weighted by Gasteiger charge is 2.14. The molecule has 2 aromatic carbocycles. The summed E-state index contributed by atoms with van der Waals surface area (Å²) in [5, 5.41) is 8.10. The Kier molecular flexibility index (Phi) is 4.46. The predicted molar refractivity (Wildman–Crippen MR) is 102 cm³/mol. The minimum atomic E-state index is -0.353. The largest absolute Gasteiger partial charge is 0.483 e. The first-order valence-electron chi connectivity index (χ1n) is 8.75. The average molecular weight is 361 g/mol. The summed E-state index contributed by atoms with van der Waals surface area (Å²) >= 11 is 0. The molecule has 0 saturated heterocycles. The molecule has 2 heterocycles. The van der Waals surface area contributed by atoms with Gasteiger partial charge in [-0.1, -0.05) is 30.3 Å². The van der Waals surface area contributed by atoms with Crippen molar-refractivity contribution in [2.24, 2.45) is 0 Å². The van der Waals surface area contributed by atoms with Crippen LogP contribution in [-0.4, -0.2) is 15.2 Å². The summed E-state index contributed by atoms with van der Waals surface area (Å²) in [4.78, 5) is 16.0. The smallest absolute Gasteiger partial charge is 0.336 e. The van der Waals surface area contributed by atoms with Gasteiger partial charge in [-0.2, -0.15) is 5.10 Å². The number of nitrogens with zero attached hydrogens (tertiary/aromatic N) is 2. The van der Waals surface area contributed by atoms with Crippen molar-refractivity contribution in [3.05, 3.63) is 87.8 Å². The van der Waals surface area contributed by atoms with Crippen molar-refractivity contribution in [3.63, 3.8) is 0 Å². The second kappa shape index (κ2) is 7.07. The van der Waals surface area contributed by atoms with Crippen LogP contribution >= 0.6 is 0 Å². The molecule has 0 aliphatic carbocycles. The Bertz CT molecular complexity index is 1130. The molecule has 0 amide bonds. The SMILES string of the molecule is Cc1cc(=O)oc2ccc(O[C@H](C)c3n[nH]c(Cc4ccccc4)n3)cc12. The van der Waals surface area contributed by atoms with Gasteiger partial charge in [0.1, 0.15) is 17.2 Å². The lowest BCUT2D eigenvalue weighted by Crippen LogP contribution is -2.06. The van der Waals surface area contributed by atoms with Gasteiger partial charge in [-0.25, -0.2) is 9.78 Å². The van der Waals surface area contributed by atoms with Crippen LogP contribution in [0.4, 0.5) is 0 Å². The number of rotatable bonds is 5. The van der Waals surface area contributed by atoms with E-state index in [9.17, 15) is 4.79 Å². The van der Waals surface area contributed by atoms with Gasteiger partial charge in [-0.05, 0) is 43.2 Å². The highest BCUT2D eigenvalue weighted by atomic mass is 16.5. The van der Waals surface area contributed by atoms with Gasteiger partial charge in [-0.3, -0.25) is 5.10 Å². The quantitative estimate of drug-likeness (QED) is 0.544. The minimum Gasteiger partial charge on any atom is -0.483 e. The topological polar surface area (TPSA) is 81.0 Å². The zero-order valence-electron chi connectivity index (χ0n) is 15.1. The second-order valence-electron chi connectivity index (χ2n) is 6.47. The molecule has 27 heavy (non-hydrogen) atoms. The van der Waals surface area contributed by atoms with Crippen LogP contribution in [0.1, 0.15) is 35.8 Å². The molecule has 2 aromatic heterocycles. The van der Waals surface area contributed by atoms with E-state index in [1.54, 1.807) is 12.1 Å². The van der Waals surface area contributed by atoms with Gasteiger partial charge >= 0.3 is 5.63 Å². The Labute approximate surface area is 155 Å². The molecule has 0 spiro atoms. The lowest BCUT2D eigenvalue weighted by Gasteiger charge is -2.12. The van der Waals surface area contributed by atoms with E-state index in [2.05, 4.69) is 27.3 Å². The molecule has 1 N–H and O–H groups in total. The molecule has 4 rings (SSSR count). The van der Waals surface area contributed by atoms with Crippen LogP contribution in [0, 0.1) is 6.92 Å². The third-order valence-corrected chi connectivity index (χ3v) is 4.36. The van der Waals surface area contributed by atoms with Crippen molar-refractivity contribution in [3.8, 4) is 5.75 Å². The highest BCUT2D eigenvalue weighted by molar-refractivity contribution is 5.81. The van der Waals surface area contributed by atoms with Gasteiger partial charge < -0.3 is 9.15 Å². The van der Waals surface area contributed by atoms with Crippen LogP contribution < -0.4 is 10.4 Å². The van der Waals surface area contributed by atoms with E-state index in [-0.39, 0.29) is 11.7 Å². The second-order valence-corrected chi connectivity index (χ2v) is 6.47. The van der Waals surface area contributed by atoms with E-state index in [0.717, 1.165) is 16.8 Å². The van der Waals surface area contributed by atoms with Gasteiger partial charge in [0.05, 0.1) is 0 Å². The fourth-order valence-electron chi connectivity index (χ4n) is 2.99. The molecule has 0 radical (unpaired) electrons. The third-order valence-electron chi connectivity index (χ3n) is 4.36. The van der Waals surface area contributed by atoms with Crippen LogP contribution in [0.3, 0.4) is 0 Å². The van der Waals surface area contributed by atoms with E-state index in [1.165, 1.54) is 11.6 Å². The minimum absolute atomic E-state index is 0.320. The maximum atomic E-state index is 11.5. The fourth-order valence-corrected chi connectivity index (χ4v) is 2.99. The number of aromatic nitrogens is 3. The molecular weight excluding hydrogens is 342 g/mol. The van der Waals surface area contributed by atoms with Gasteiger partial charge in [0.2, 0.25) is 0 Å². The molecule has 0 aliphatic heterocycles. The van der Waals surface area contributed by atoms with Crippen LogP contribution in [0.5, 0.6) is 5.75 Å². The first-order chi connectivity index (χ1) is 13.1. The zero-order chi connectivity index (χ0) is 18.8. The molecule has 4 aromatic rings. The summed E-state index contributed by atoms with van der Waals surface area (Å²) < 4.78 is 11.2. The van der Waals surface area contributed by atoms with Crippen LogP contribution in [0.2, 0.25) is 0 Å². The Morgan fingerprint density at radius 2 is 1.96 bits per heavy atom. The lowest BCUT2D eigenvalue weighted by molar-refractivity contribution is 0.217. The first-order valence-corrected chi connectivity index (χ1v) is 8.75. The van der Waals surface area contributed by atoms with Gasteiger partial charge in [-0.15, -0.1) is 0 Å². The van der Waals surface area contributed by atoms with E-state index in [1.807, 2.05) is 38.1 Å². The van der Waals surface area contributed by atoms with Crippen LogP contribution in [0.25, 0.3) is 11.0 Å². The molecule has 0 saturated carbocycles. The number of aromatic amines is 1. The summed E-state index contributed by atoms with van der Waals surface area (Å²) in [7, 11) is 0. The van der Waals surface area contributed by atoms with Crippen molar-refractivity contribution in [2.75, 3.05) is 0 Å². The molecule has 6 nitrogen and oxygen atoms in total. The standard InChI is InChI=1S/C21H19N3O3/c1-13-10-20(25)27-18-9-8-16(12-17(13)18)26-14(2)21-22-19(23-24-21)11-15-6-4-3-5-7-15/h3-10,12,14H,11H2,1-2H3,(H,22,23,24)/t14-/m1/s1. The normalized spacial score (nSPS) is 12.2. The van der Waals surface area contributed by atoms with Crippen molar-refractivity contribution in [1.82, 2.24) is 15.2 Å². The lowest BCUT2D eigenvalue weighted by atomic mass is 10.1. The summed E-state index contributed by atoms with van der Waals surface area (Å²) in [6.07, 6.45) is 0.369. The highest BCUT2D eigenvalue weighted by Crippen LogP contribution is 2.26. The Balaban J connectivity index is 1.51. The number of fused-ring (bicyclic) bond motifs is 1. The first kappa shape index (κ1) is 17.0. The molecule has 6 heteroatoms. The maximum absolute atomic E-state index is 11.5. The Morgan fingerprint density at radius 3 is 2.78 bits per heavy atom. The van der Waals surface area contributed by atoms with Crippen molar-refractivity contribution in [2.45, 2.75) is 26.4 Å². The van der Waals surface area contributed by atoms with Crippen molar-refractivity contribution >= 4 is 11.0 Å². The van der Waals surface area contributed by atoms with Crippen LogP contribution in [0.15, 0.2) is 63.8 Å². The van der Waals surface area contributed by atoms with E-state index in [4.69, 9.17) is 9.15 Å². The Morgan fingerprint density at radius 1 is 1.15 bits per heavy atom. The molecular formula is C21H19N3O3. The molecule has 136 valence electrons. The van der Waals surface area contributed by atoms with E-state index < -0.39 is 0 Å². The third kappa shape index (κ3) is 3.74. The number of ether oxygens (including phenoxy) is 1. The Hall–Kier alpha value is -3.41. The molecule has 0 fully saturated rings. The summed E-state index contributed by atoms with van der Waals surface area (Å²) in [5.74, 6) is 2.06. The molecule has 1 atom stereocenters. The number of H-pyrrole nitrogens is 1. The number of nitrogens with one attached hydrogen (secondary N) is 1. The van der Waals surface area contributed by atoms with Crippen LogP contribution in [-0.2, 0) is 6.42 Å². The van der Waals surface area contributed by atoms with E-state index >= 15 is 0 Å². The zero-order valence-corrected chi connectivity index (χ0v) is 15.1.